The Morgan fingerprint density at radius 1 is 1.38 bits per heavy atom. The quantitative estimate of drug-likeness (QED) is 0.857. The molecule has 0 saturated heterocycles. The predicted molar refractivity (Wildman–Crippen MR) is 83.1 cm³/mol. The molecular formula is C15H13ClF3N3O2. The van der Waals surface area contributed by atoms with E-state index in [0.29, 0.717) is 0 Å². The first-order chi connectivity index (χ1) is 11.2. The van der Waals surface area contributed by atoms with Crippen LogP contribution in [0, 0.1) is 0 Å². The van der Waals surface area contributed by atoms with Crippen LogP contribution in [0.3, 0.4) is 0 Å². The minimum Gasteiger partial charge on any atom is -0.497 e. The van der Waals surface area contributed by atoms with E-state index in [1.165, 1.54) is 31.5 Å². The molecule has 0 saturated carbocycles. The number of aromatic nitrogens is 1. The predicted octanol–water partition coefficient (Wildman–Crippen LogP) is 3.47. The average molecular weight is 360 g/mol. The van der Waals surface area contributed by atoms with E-state index in [0.717, 1.165) is 6.07 Å². The van der Waals surface area contributed by atoms with Crippen molar-refractivity contribution in [1.29, 1.82) is 0 Å². The van der Waals surface area contributed by atoms with Gasteiger partial charge < -0.3 is 15.8 Å². The number of hydrogen-bond acceptors (Lipinski definition) is 4. The molecule has 1 aromatic heterocycles. The second-order valence-corrected chi connectivity index (χ2v) is 5.20. The van der Waals surface area contributed by atoms with Crippen molar-refractivity contribution in [3.63, 3.8) is 0 Å². The van der Waals surface area contributed by atoms with Crippen LogP contribution in [0.2, 0.25) is 5.02 Å². The number of rotatable bonds is 5. The minimum atomic E-state index is -4.53. The normalized spacial score (nSPS) is 11.2. The number of halogens is 4. The van der Waals surface area contributed by atoms with E-state index in [4.69, 9.17) is 22.1 Å². The van der Waals surface area contributed by atoms with Crippen molar-refractivity contribution in [2.75, 3.05) is 12.4 Å². The summed E-state index contributed by atoms with van der Waals surface area (Å²) in [5, 5.41) is 2.79. The first-order valence-electron chi connectivity index (χ1n) is 6.65. The Labute approximate surface area is 140 Å². The van der Waals surface area contributed by atoms with Crippen LogP contribution in [-0.2, 0) is 12.7 Å². The molecule has 1 aromatic carbocycles. The third-order valence-corrected chi connectivity index (χ3v) is 3.48. The fraction of sp³-hybridized carbons (Fsp3) is 0.200. The molecule has 0 radical (unpaired) electrons. The van der Waals surface area contributed by atoms with Gasteiger partial charge >= 0.3 is 6.18 Å². The number of nitrogens with two attached hydrogens (primary N) is 1. The summed E-state index contributed by atoms with van der Waals surface area (Å²) in [6, 6.07) is 4.94. The maximum absolute atomic E-state index is 13.1. The van der Waals surface area contributed by atoms with Crippen LogP contribution in [0.4, 0.5) is 19.0 Å². The van der Waals surface area contributed by atoms with Crippen LogP contribution in [0.25, 0.3) is 0 Å². The number of primary amides is 1. The zero-order valence-corrected chi connectivity index (χ0v) is 13.2. The Bertz CT molecular complexity index is 766. The topological polar surface area (TPSA) is 77.2 Å². The first kappa shape index (κ1) is 17.9. The van der Waals surface area contributed by atoms with Crippen molar-refractivity contribution < 1.29 is 22.7 Å². The fourth-order valence-electron chi connectivity index (χ4n) is 1.98. The van der Waals surface area contributed by atoms with Gasteiger partial charge in [0.1, 0.15) is 11.6 Å². The largest absolute Gasteiger partial charge is 0.497 e. The summed E-state index contributed by atoms with van der Waals surface area (Å²) in [5.41, 5.74) is 4.38. The average Bonchev–Trinajstić information content (AvgIpc) is 2.52. The second kappa shape index (κ2) is 6.96. The molecule has 24 heavy (non-hydrogen) atoms. The highest BCUT2D eigenvalue weighted by molar-refractivity contribution is 6.33. The summed E-state index contributed by atoms with van der Waals surface area (Å²) in [6.45, 7) is -0.165. The molecule has 0 aliphatic rings. The number of benzene rings is 1. The standard InChI is InChI=1S/C15H13ClF3N3O2/c1-24-10-3-2-8(11(5-10)15(17,18)19)6-21-14-12(16)4-9(7-22-14)13(20)23/h2-5,7H,6H2,1H3,(H2,20,23)(H,21,22). The second-order valence-electron chi connectivity index (χ2n) is 4.79. The molecule has 0 fully saturated rings. The van der Waals surface area contributed by atoms with Crippen LogP contribution >= 0.6 is 11.6 Å². The Morgan fingerprint density at radius 3 is 2.62 bits per heavy atom. The number of nitrogens with one attached hydrogen (secondary N) is 1. The van der Waals surface area contributed by atoms with Crippen LogP contribution < -0.4 is 15.8 Å². The maximum Gasteiger partial charge on any atom is 0.416 e. The number of pyridine rings is 1. The smallest absolute Gasteiger partial charge is 0.416 e. The monoisotopic (exact) mass is 359 g/mol. The molecule has 1 amide bonds. The van der Waals surface area contributed by atoms with Crippen LogP contribution in [0.15, 0.2) is 30.5 Å². The molecule has 0 aliphatic heterocycles. The zero-order chi connectivity index (χ0) is 17.9. The molecule has 9 heteroatoms. The third kappa shape index (κ3) is 4.08. The third-order valence-electron chi connectivity index (χ3n) is 3.19. The summed E-state index contributed by atoms with van der Waals surface area (Å²) in [4.78, 5) is 14.9. The van der Waals surface area contributed by atoms with Crippen LogP contribution in [0.5, 0.6) is 5.75 Å². The van der Waals surface area contributed by atoms with Gasteiger partial charge in [0.15, 0.2) is 0 Å². The lowest BCUT2D eigenvalue weighted by atomic mass is 10.1. The number of carbonyl (C=O) groups excluding carboxylic acids is 1. The van der Waals surface area contributed by atoms with Crippen molar-refractivity contribution in [3.8, 4) is 5.75 Å². The molecule has 1 heterocycles. The van der Waals surface area contributed by atoms with Gasteiger partial charge in [0.25, 0.3) is 0 Å². The molecule has 0 spiro atoms. The number of alkyl halides is 3. The van der Waals surface area contributed by atoms with E-state index < -0.39 is 17.6 Å². The summed E-state index contributed by atoms with van der Waals surface area (Å²) in [5.74, 6) is -0.455. The van der Waals surface area contributed by atoms with E-state index in [1.807, 2.05) is 0 Å². The summed E-state index contributed by atoms with van der Waals surface area (Å²) < 4.78 is 44.2. The van der Waals surface area contributed by atoms with Crippen molar-refractivity contribution in [1.82, 2.24) is 4.98 Å². The van der Waals surface area contributed by atoms with Crippen LogP contribution in [-0.4, -0.2) is 18.0 Å². The number of carbonyl (C=O) groups is 1. The molecular weight excluding hydrogens is 347 g/mol. The Hall–Kier alpha value is -2.48. The summed E-state index contributed by atoms with van der Waals surface area (Å²) in [6.07, 6.45) is -3.34. The molecule has 0 atom stereocenters. The van der Waals surface area contributed by atoms with E-state index in [-0.39, 0.29) is 34.3 Å². The van der Waals surface area contributed by atoms with Gasteiger partial charge in [0.2, 0.25) is 5.91 Å². The van der Waals surface area contributed by atoms with Gasteiger partial charge in [-0.05, 0) is 23.8 Å². The Balaban J connectivity index is 2.25. The molecule has 2 rings (SSSR count). The summed E-state index contributed by atoms with van der Waals surface area (Å²) in [7, 11) is 1.29. The zero-order valence-electron chi connectivity index (χ0n) is 12.4. The molecule has 0 unspecified atom stereocenters. The lowest BCUT2D eigenvalue weighted by molar-refractivity contribution is -0.138. The number of hydrogen-bond donors (Lipinski definition) is 2. The van der Waals surface area contributed by atoms with E-state index in [9.17, 15) is 18.0 Å². The lowest BCUT2D eigenvalue weighted by Gasteiger charge is -2.15. The van der Waals surface area contributed by atoms with Crippen molar-refractivity contribution in [2.24, 2.45) is 5.73 Å². The van der Waals surface area contributed by atoms with Gasteiger partial charge in [0, 0.05) is 12.7 Å². The number of anilines is 1. The maximum atomic E-state index is 13.1. The molecule has 0 aliphatic carbocycles. The van der Waals surface area contributed by atoms with Gasteiger partial charge in [-0.25, -0.2) is 4.98 Å². The van der Waals surface area contributed by atoms with Gasteiger partial charge in [-0.2, -0.15) is 13.2 Å². The molecule has 3 N–H and O–H groups in total. The summed E-state index contributed by atoms with van der Waals surface area (Å²) >= 11 is 5.94. The molecule has 5 nitrogen and oxygen atoms in total. The van der Waals surface area contributed by atoms with Crippen molar-refractivity contribution in [2.45, 2.75) is 12.7 Å². The highest BCUT2D eigenvalue weighted by Gasteiger charge is 2.33. The number of ether oxygens (including phenoxy) is 1. The highest BCUT2D eigenvalue weighted by atomic mass is 35.5. The first-order valence-corrected chi connectivity index (χ1v) is 7.03. The van der Waals surface area contributed by atoms with E-state index in [1.54, 1.807) is 0 Å². The van der Waals surface area contributed by atoms with Crippen molar-refractivity contribution >= 4 is 23.3 Å². The Kier molecular flexibility index (Phi) is 5.18. The SMILES string of the molecule is COc1ccc(CNc2ncc(C(N)=O)cc2Cl)c(C(F)(F)F)c1. The van der Waals surface area contributed by atoms with Crippen LogP contribution in [0.1, 0.15) is 21.5 Å². The fourth-order valence-corrected chi connectivity index (χ4v) is 2.22. The molecule has 0 bridgehead atoms. The molecule has 128 valence electrons. The van der Waals surface area contributed by atoms with Gasteiger partial charge in [-0.3, -0.25) is 4.79 Å². The number of nitrogens with zero attached hydrogens (tertiary/aromatic N) is 1. The van der Waals surface area contributed by atoms with Crippen molar-refractivity contribution in [3.05, 3.63) is 52.2 Å². The van der Waals surface area contributed by atoms with Gasteiger partial charge in [0.05, 0.1) is 23.3 Å². The van der Waals surface area contributed by atoms with E-state index in [2.05, 4.69) is 10.3 Å². The van der Waals surface area contributed by atoms with Gasteiger partial charge in [-0.15, -0.1) is 0 Å². The highest BCUT2D eigenvalue weighted by Crippen LogP contribution is 2.35. The van der Waals surface area contributed by atoms with E-state index >= 15 is 0 Å². The minimum absolute atomic E-state index is 0.000134. The number of amides is 1. The number of methoxy groups -OCH3 is 1. The lowest BCUT2D eigenvalue weighted by Crippen LogP contribution is -2.14. The Morgan fingerprint density at radius 2 is 2.08 bits per heavy atom. The molecule has 2 aromatic rings. The van der Waals surface area contributed by atoms with Gasteiger partial charge in [-0.1, -0.05) is 17.7 Å².